The second kappa shape index (κ2) is 9.65. The van der Waals surface area contributed by atoms with Gasteiger partial charge in [-0.15, -0.1) is 0 Å². The first-order valence-electron chi connectivity index (χ1n) is 6.29. The van der Waals surface area contributed by atoms with Crippen molar-refractivity contribution in [2.75, 3.05) is 13.2 Å². The molecule has 5 nitrogen and oxygen atoms in total. The fraction of sp³-hybridized carbons (Fsp3) is 0.833. The molecule has 0 unspecified atom stereocenters. The Morgan fingerprint density at radius 3 is 1.94 bits per heavy atom. The van der Waals surface area contributed by atoms with Crippen molar-refractivity contribution in [3.05, 3.63) is 0 Å². The van der Waals surface area contributed by atoms with E-state index in [4.69, 9.17) is 12.3 Å². The molecule has 0 radical (unpaired) electrons. The van der Waals surface area contributed by atoms with E-state index in [1.165, 1.54) is 0 Å². The van der Waals surface area contributed by atoms with Crippen molar-refractivity contribution in [1.82, 2.24) is 0 Å². The van der Waals surface area contributed by atoms with Gasteiger partial charge in [-0.1, -0.05) is 0 Å². The van der Waals surface area contributed by atoms with Gasteiger partial charge in [0.1, 0.15) is 11.3 Å². The van der Waals surface area contributed by atoms with Crippen molar-refractivity contribution < 1.29 is 21.9 Å². The molecule has 0 saturated heterocycles. The Morgan fingerprint density at radius 1 is 1.06 bits per heavy atom. The van der Waals surface area contributed by atoms with Crippen LogP contribution in [0.2, 0.25) is 0 Å². The third kappa shape index (κ3) is 8.79. The van der Waals surface area contributed by atoms with E-state index in [2.05, 4.69) is 0 Å². The third-order valence-corrected chi connectivity index (χ3v) is 4.21. The lowest BCUT2D eigenvalue weighted by Crippen LogP contribution is -2.39. The van der Waals surface area contributed by atoms with Gasteiger partial charge in [0.05, 0.1) is 6.42 Å². The number of ketones is 1. The topological polar surface area (TPSA) is 61.8 Å². The molecular weight excluding hydrogens is 251 g/mol. The van der Waals surface area contributed by atoms with E-state index in [-0.39, 0.29) is 35.7 Å². The minimum absolute atomic E-state index is 0.0211. The van der Waals surface area contributed by atoms with Crippen LogP contribution in [-0.2, 0) is 21.9 Å². The Morgan fingerprint density at radius 2 is 1.56 bits per heavy atom. The van der Waals surface area contributed by atoms with E-state index < -0.39 is 14.8 Å². The van der Waals surface area contributed by atoms with Crippen LogP contribution >= 0.6 is 0 Å². The number of hydrogen-bond donors (Lipinski definition) is 0. The van der Waals surface area contributed by atoms with Gasteiger partial charge in [0.15, 0.2) is 5.78 Å². The van der Waals surface area contributed by atoms with Crippen molar-refractivity contribution in [3.63, 3.8) is 0 Å². The highest BCUT2D eigenvalue weighted by atomic mass is 27.2. The Hall–Kier alpha value is -0.248. The number of carbonyl (C=O) groups is 2. The normalized spacial score (nSPS) is 11.1. The average Bonchev–Trinajstić information content (AvgIpc) is 2.24. The molecule has 0 saturated carbocycles. The Bertz CT molecular complexity index is 255. The van der Waals surface area contributed by atoms with Crippen molar-refractivity contribution >= 4 is 25.2 Å². The molecule has 0 heterocycles. The van der Waals surface area contributed by atoms with E-state index in [0.717, 1.165) is 0 Å². The van der Waals surface area contributed by atoms with Crippen LogP contribution in [0, 0.1) is 0 Å². The summed E-state index contributed by atoms with van der Waals surface area (Å²) in [5, 5.41) is 0. The van der Waals surface area contributed by atoms with Crippen LogP contribution in [0.15, 0.2) is 0 Å². The molecule has 0 aromatic heterocycles. The highest BCUT2D eigenvalue weighted by Gasteiger charge is 2.38. The van der Waals surface area contributed by atoms with E-state index in [1.807, 2.05) is 27.7 Å². The maximum atomic E-state index is 11.9. The van der Waals surface area contributed by atoms with Gasteiger partial charge in [0.2, 0.25) is 0 Å². The number of rotatable bonds is 10. The van der Waals surface area contributed by atoms with Crippen molar-refractivity contribution in [3.8, 4) is 0 Å². The first-order valence-corrected chi connectivity index (χ1v) is 7.81. The zero-order chi connectivity index (χ0) is 14.1. The molecule has 18 heavy (non-hydrogen) atoms. The predicted octanol–water partition coefficient (Wildman–Crippen LogP) is 1.43. The molecule has 6 heteroatoms. The lowest BCUT2D eigenvalue weighted by atomic mass is 10.3. The van der Waals surface area contributed by atoms with Gasteiger partial charge in [0.25, 0.3) is 0 Å². The van der Waals surface area contributed by atoms with Crippen LogP contribution in [-0.4, -0.2) is 50.7 Å². The Kier molecular flexibility index (Phi) is 9.52. The molecule has 104 valence electrons. The second-order valence-electron chi connectivity index (χ2n) is 4.52. The molecule has 0 bridgehead atoms. The van der Waals surface area contributed by atoms with Crippen molar-refractivity contribution in [2.45, 2.75) is 53.2 Å². The maximum Gasteiger partial charge on any atom is 0.758 e. The smallest absolute Gasteiger partial charge is 0.471 e. The summed E-state index contributed by atoms with van der Waals surface area (Å²) < 4.78 is 15.8. The molecule has 0 aromatic carbocycles. The monoisotopic (exact) mass is 274 g/mol. The number of carbonyl (C=O) groups excluding carboxylic acids is 2. The zero-order valence-corrected chi connectivity index (χ0v) is 13.0. The van der Waals surface area contributed by atoms with Crippen LogP contribution in [0.5, 0.6) is 0 Å². The molecular formula is C12H23AlO5. The van der Waals surface area contributed by atoms with Gasteiger partial charge in [-0.05, 0) is 34.6 Å². The highest BCUT2D eigenvalue weighted by Crippen LogP contribution is 2.04. The first kappa shape index (κ1) is 17.8. The van der Waals surface area contributed by atoms with Gasteiger partial charge < -0.3 is 17.1 Å². The lowest BCUT2D eigenvalue weighted by Gasteiger charge is -2.17. The van der Waals surface area contributed by atoms with Gasteiger partial charge in [-0.2, -0.15) is 0 Å². The fourth-order valence-electron chi connectivity index (χ4n) is 1.22. The number of Topliss-reactive ketones (excluding diaryl/α,β-unsaturated/α-hetero) is 1. The largest absolute Gasteiger partial charge is 0.758 e. The Labute approximate surface area is 114 Å². The molecule has 0 N–H and O–H groups in total. The fourth-order valence-corrected chi connectivity index (χ4v) is 2.97. The number of ether oxygens (including phenoxy) is 1. The summed E-state index contributed by atoms with van der Waals surface area (Å²) in [5.74, 6) is -0.223. The highest BCUT2D eigenvalue weighted by molar-refractivity contribution is 6.81. The second-order valence-corrected chi connectivity index (χ2v) is 6.37. The minimum Gasteiger partial charge on any atom is -0.471 e. The molecule has 0 amide bonds. The molecule has 0 rings (SSSR count). The van der Waals surface area contributed by atoms with E-state index in [9.17, 15) is 9.59 Å². The molecule has 0 fully saturated rings. The van der Waals surface area contributed by atoms with Crippen LogP contribution in [0.1, 0.15) is 41.0 Å². The summed E-state index contributed by atoms with van der Waals surface area (Å²) in [5.41, 5.74) is 0. The van der Waals surface area contributed by atoms with Crippen molar-refractivity contribution in [1.29, 1.82) is 0 Å². The Balaban J connectivity index is 4.31. The third-order valence-electron chi connectivity index (χ3n) is 1.89. The standard InChI is InChI=1S/C6H9O3.2C3H7O.Al/c1-2-9-5-6(8)3-4-7;2*1-3(2)4;/h2-3,5H2,1H3;2*3H,1-2H3;/q;2*-1;+2. The van der Waals surface area contributed by atoms with Crippen LogP contribution in [0.4, 0.5) is 0 Å². The molecule has 0 aromatic rings. The molecule has 0 atom stereocenters. The quantitative estimate of drug-likeness (QED) is 0.445. The molecule has 0 aliphatic heterocycles. The average molecular weight is 274 g/mol. The SMILES string of the molecule is CCOCC(=O)C[C](=O)[Al]([O]C(C)C)[O]C(C)C. The molecule has 0 aliphatic carbocycles. The van der Waals surface area contributed by atoms with Gasteiger partial charge >= 0.3 is 14.8 Å². The predicted molar refractivity (Wildman–Crippen MR) is 69.3 cm³/mol. The van der Waals surface area contributed by atoms with E-state index in [1.54, 1.807) is 6.92 Å². The summed E-state index contributed by atoms with van der Waals surface area (Å²) in [4.78, 5) is 23.4. The first-order chi connectivity index (χ1) is 8.36. The van der Waals surface area contributed by atoms with Crippen LogP contribution < -0.4 is 0 Å². The summed E-state index contributed by atoms with van der Waals surface area (Å²) in [6.45, 7) is 9.63. The van der Waals surface area contributed by atoms with Crippen molar-refractivity contribution in [2.24, 2.45) is 0 Å². The summed E-state index contributed by atoms with van der Waals surface area (Å²) in [7, 11) is 0. The van der Waals surface area contributed by atoms with E-state index in [0.29, 0.717) is 6.61 Å². The van der Waals surface area contributed by atoms with Gasteiger partial charge in [0, 0.05) is 18.8 Å². The molecule has 0 spiro atoms. The molecule has 0 aliphatic rings. The van der Waals surface area contributed by atoms with Gasteiger partial charge in [-0.3, -0.25) is 4.79 Å². The van der Waals surface area contributed by atoms with Crippen LogP contribution in [0.3, 0.4) is 0 Å². The zero-order valence-electron chi connectivity index (χ0n) is 11.9. The maximum absolute atomic E-state index is 11.9. The van der Waals surface area contributed by atoms with Gasteiger partial charge in [-0.25, -0.2) is 0 Å². The van der Waals surface area contributed by atoms with Crippen LogP contribution in [0.25, 0.3) is 0 Å². The lowest BCUT2D eigenvalue weighted by molar-refractivity contribution is -0.128. The summed E-state index contributed by atoms with van der Waals surface area (Å²) in [6, 6.07) is 0. The summed E-state index contributed by atoms with van der Waals surface area (Å²) >= 11 is -2.45. The van der Waals surface area contributed by atoms with E-state index >= 15 is 0 Å². The number of hydrogen-bond acceptors (Lipinski definition) is 5. The minimum atomic E-state index is -2.45. The summed E-state index contributed by atoms with van der Waals surface area (Å²) in [6.07, 6.45) is -0.311.